The van der Waals surface area contributed by atoms with E-state index in [0.717, 1.165) is 15.8 Å². The molecule has 0 heterocycles. The molecule has 0 unspecified atom stereocenters. The molecule has 0 aliphatic rings. The molecule has 0 spiro atoms. The fourth-order valence-electron chi connectivity index (χ4n) is 2.13. The summed E-state index contributed by atoms with van der Waals surface area (Å²) in [6, 6.07) is 12.4. The van der Waals surface area contributed by atoms with Crippen LogP contribution in [0.4, 0.5) is 0 Å². The molecule has 0 radical (unpaired) electrons. The number of ether oxygens (including phenoxy) is 1. The predicted octanol–water partition coefficient (Wildman–Crippen LogP) is 3.83. The standard InChI is InChI=1S/C17H18BrNO3/c1-3-19(11-12-4-7-14(22-2)8-5-12)17(21)15-10-13(18)6-9-16(15)20/h4-10,20H,3,11H2,1-2H3. The van der Waals surface area contributed by atoms with Crippen molar-refractivity contribution in [1.29, 1.82) is 0 Å². The fraction of sp³-hybridized carbons (Fsp3) is 0.235. The van der Waals surface area contributed by atoms with Gasteiger partial charge in [-0.05, 0) is 42.8 Å². The number of aromatic hydroxyl groups is 1. The van der Waals surface area contributed by atoms with Gasteiger partial charge in [-0.2, -0.15) is 0 Å². The van der Waals surface area contributed by atoms with Crippen LogP contribution in [-0.4, -0.2) is 29.6 Å². The SMILES string of the molecule is CCN(Cc1ccc(OC)cc1)C(=O)c1cc(Br)ccc1O. The molecule has 0 aliphatic heterocycles. The second-order valence-electron chi connectivity index (χ2n) is 4.83. The largest absolute Gasteiger partial charge is 0.507 e. The van der Waals surface area contributed by atoms with Crippen molar-refractivity contribution in [2.24, 2.45) is 0 Å². The van der Waals surface area contributed by atoms with Crippen molar-refractivity contribution in [1.82, 2.24) is 4.90 Å². The molecule has 5 heteroatoms. The van der Waals surface area contributed by atoms with Crippen LogP contribution < -0.4 is 4.74 Å². The summed E-state index contributed by atoms with van der Waals surface area (Å²) in [5.41, 5.74) is 1.30. The Labute approximate surface area is 138 Å². The second kappa shape index (κ2) is 7.31. The second-order valence-corrected chi connectivity index (χ2v) is 5.74. The van der Waals surface area contributed by atoms with Crippen molar-refractivity contribution in [3.05, 3.63) is 58.1 Å². The van der Waals surface area contributed by atoms with Crippen molar-refractivity contribution < 1.29 is 14.6 Å². The summed E-state index contributed by atoms with van der Waals surface area (Å²) in [4.78, 5) is 14.3. The van der Waals surface area contributed by atoms with Crippen molar-refractivity contribution >= 4 is 21.8 Å². The maximum absolute atomic E-state index is 12.6. The molecule has 2 rings (SSSR count). The van der Waals surface area contributed by atoms with E-state index in [-0.39, 0.29) is 11.7 Å². The van der Waals surface area contributed by atoms with Crippen LogP contribution in [-0.2, 0) is 6.54 Å². The van der Waals surface area contributed by atoms with E-state index < -0.39 is 0 Å². The molecular formula is C17H18BrNO3. The molecule has 0 bridgehead atoms. The van der Waals surface area contributed by atoms with E-state index in [4.69, 9.17) is 4.74 Å². The van der Waals surface area contributed by atoms with Gasteiger partial charge in [0.15, 0.2) is 0 Å². The van der Waals surface area contributed by atoms with E-state index in [1.165, 1.54) is 6.07 Å². The zero-order valence-electron chi connectivity index (χ0n) is 12.5. The first-order chi connectivity index (χ1) is 10.5. The number of phenolic OH excluding ortho intramolecular Hbond substituents is 1. The van der Waals surface area contributed by atoms with Gasteiger partial charge in [-0.25, -0.2) is 0 Å². The van der Waals surface area contributed by atoms with Crippen molar-refractivity contribution in [3.8, 4) is 11.5 Å². The van der Waals surface area contributed by atoms with Crippen LogP contribution in [0, 0.1) is 0 Å². The van der Waals surface area contributed by atoms with Gasteiger partial charge in [-0.1, -0.05) is 28.1 Å². The number of hydrogen-bond donors (Lipinski definition) is 1. The minimum atomic E-state index is -0.197. The number of carbonyl (C=O) groups is 1. The van der Waals surface area contributed by atoms with Gasteiger partial charge in [0.25, 0.3) is 5.91 Å². The van der Waals surface area contributed by atoms with Gasteiger partial charge in [0.2, 0.25) is 0 Å². The highest BCUT2D eigenvalue weighted by atomic mass is 79.9. The molecule has 0 aromatic heterocycles. The van der Waals surface area contributed by atoms with E-state index >= 15 is 0 Å². The molecule has 0 aliphatic carbocycles. The fourth-order valence-corrected chi connectivity index (χ4v) is 2.49. The number of carbonyl (C=O) groups excluding carboxylic acids is 1. The molecular weight excluding hydrogens is 346 g/mol. The van der Waals surface area contributed by atoms with Crippen LogP contribution >= 0.6 is 15.9 Å². The third-order valence-corrected chi connectivity index (χ3v) is 3.88. The molecule has 1 amide bonds. The predicted molar refractivity (Wildman–Crippen MR) is 89.2 cm³/mol. The highest BCUT2D eigenvalue weighted by molar-refractivity contribution is 9.10. The summed E-state index contributed by atoms with van der Waals surface area (Å²) in [6.45, 7) is 2.94. The van der Waals surface area contributed by atoms with Crippen molar-refractivity contribution in [2.75, 3.05) is 13.7 Å². The monoisotopic (exact) mass is 363 g/mol. The van der Waals surface area contributed by atoms with Gasteiger partial charge in [0.05, 0.1) is 12.7 Å². The number of methoxy groups -OCH3 is 1. The number of benzene rings is 2. The lowest BCUT2D eigenvalue weighted by molar-refractivity contribution is 0.0749. The summed E-state index contributed by atoms with van der Waals surface area (Å²) in [5.74, 6) is 0.571. The number of phenols is 1. The first kappa shape index (κ1) is 16.4. The van der Waals surface area contributed by atoms with E-state index in [1.54, 1.807) is 24.1 Å². The van der Waals surface area contributed by atoms with Gasteiger partial charge in [-0.3, -0.25) is 4.79 Å². The normalized spacial score (nSPS) is 10.3. The molecule has 0 atom stereocenters. The lowest BCUT2D eigenvalue weighted by Crippen LogP contribution is -2.30. The summed E-state index contributed by atoms with van der Waals surface area (Å²) >= 11 is 3.32. The van der Waals surface area contributed by atoms with Crippen molar-refractivity contribution in [2.45, 2.75) is 13.5 Å². The average Bonchev–Trinajstić information content (AvgIpc) is 2.54. The Morgan fingerprint density at radius 1 is 1.23 bits per heavy atom. The third kappa shape index (κ3) is 3.80. The molecule has 2 aromatic carbocycles. The summed E-state index contributed by atoms with van der Waals surface area (Å²) < 4.78 is 5.89. The number of rotatable bonds is 5. The maximum Gasteiger partial charge on any atom is 0.257 e. The Hall–Kier alpha value is -2.01. The van der Waals surface area contributed by atoms with Gasteiger partial charge in [-0.15, -0.1) is 0 Å². The number of halogens is 1. The van der Waals surface area contributed by atoms with E-state index in [0.29, 0.717) is 18.7 Å². The maximum atomic E-state index is 12.6. The molecule has 0 saturated heterocycles. The van der Waals surface area contributed by atoms with Crippen LogP contribution in [0.15, 0.2) is 46.9 Å². The lowest BCUT2D eigenvalue weighted by Gasteiger charge is -2.21. The van der Waals surface area contributed by atoms with Crippen LogP contribution in [0.5, 0.6) is 11.5 Å². The molecule has 4 nitrogen and oxygen atoms in total. The van der Waals surface area contributed by atoms with Crippen LogP contribution in [0.2, 0.25) is 0 Å². The van der Waals surface area contributed by atoms with Crippen LogP contribution in [0.1, 0.15) is 22.8 Å². The molecule has 116 valence electrons. The summed E-state index contributed by atoms with van der Waals surface area (Å²) in [7, 11) is 1.62. The van der Waals surface area contributed by atoms with Crippen LogP contribution in [0.25, 0.3) is 0 Å². The summed E-state index contributed by atoms with van der Waals surface area (Å²) in [6.07, 6.45) is 0. The molecule has 0 fully saturated rings. The first-order valence-corrected chi connectivity index (χ1v) is 7.75. The zero-order chi connectivity index (χ0) is 16.1. The smallest absolute Gasteiger partial charge is 0.257 e. The molecule has 1 N–H and O–H groups in total. The zero-order valence-corrected chi connectivity index (χ0v) is 14.1. The van der Waals surface area contributed by atoms with Gasteiger partial charge < -0.3 is 14.7 Å². The number of nitrogens with zero attached hydrogens (tertiary/aromatic N) is 1. The molecule has 0 saturated carbocycles. The quantitative estimate of drug-likeness (QED) is 0.878. The average molecular weight is 364 g/mol. The van der Waals surface area contributed by atoms with Gasteiger partial charge in [0, 0.05) is 17.6 Å². The minimum Gasteiger partial charge on any atom is -0.507 e. The van der Waals surface area contributed by atoms with Crippen LogP contribution in [0.3, 0.4) is 0 Å². The highest BCUT2D eigenvalue weighted by Gasteiger charge is 2.18. The van der Waals surface area contributed by atoms with Crippen molar-refractivity contribution in [3.63, 3.8) is 0 Å². The Kier molecular flexibility index (Phi) is 5.44. The van der Waals surface area contributed by atoms with Gasteiger partial charge >= 0.3 is 0 Å². The topological polar surface area (TPSA) is 49.8 Å². The number of hydrogen-bond acceptors (Lipinski definition) is 3. The Balaban J connectivity index is 2.19. The van der Waals surface area contributed by atoms with E-state index in [9.17, 15) is 9.90 Å². The van der Waals surface area contributed by atoms with E-state index in [2.05, 4.69) is 15.9 Å². The Morgan fingerprint density at radius 2 is 1.91 bits per heavy atom. The summed E-state index contributed by atoms with van der Waals surface area (Å²) in [5, 5.41) is 9.90. The lowest BCUT2D eigenvalue weighted by atomic mass is 10.1. The first-order valence-electron chi connectivity index (χ1n) is 6.96. The molecule has 22 heavy (non-hydrogen) atoms. The third-order valence-electron chi connectivity index (χ3n) is 3.39. The Morgan fingerprint density at radius 3 is 2.50 bits per heavy atom. The Bertz CT molecular complexity index is 655. The molecule has 2 aromatic rings. The number of amides is 1. The van der Waals surface area contributed by atoms with E-state index in [1.807, 2.05) is 31.2 Å². The minimum absolute atomic E-state index is 0.0126. The highest BCUT2D eigenvalue weighted by Crippen LogP contribution is 2.24. The van der Waals surface area contributed by atoms with Gasteiger partial charge in [0.1, 0.15) is 11.5 Å².